The van der Waals surface area contributed by atoms with Gasteiger partial charge in [0.05, 0.1) is 0 Å². The van der Waals surface area contributed by atoms with E-state index >= 15 is 0 Å². The van der Waals surface area contributed by atoms with Crippen molar-refractivity contribution >= 4 is 0 Å². The molecule has 0 aromatic rings. The number of hydrogen-bond acceptors (Lipinski definition) is 1. The fourth-order valence-corrected chi connectivity index (χ4v) is 2.17. The molecule has 0 saturated heterocycles. The van der Waals surface area contributed by atoms with E-state index in [1.54, 1.807) is 0 Å². The van der Waals surface area contributed by atoms with Crippen LogP contribution in [0.3, 0.4) is 0 Å². The van der Waals surface area contributed by atoms with Gasteiger partial charge in [-0.25, -0.2) is 0 Å². The number of allylic oxidation sites excluding steroid dienone is 1. The summed E-state index contributed by atoms with van der Waals surface area (Å²) in [7, 11) is 0. The molecule has 2 unspecified atom stereocenters. The average Bonchev–Trinajstić information content (AvgIpc) is 2.31. The van der Waals surface area contributed by atoms with Gasteiger partial charge in [0.15, 0.2) is 0 Å². The Morgan fingerprint density at radius 3 is 2.35 bits per heavy atom. The fraction of sp³-hybridized carbons (Fsp3) is 0.875. The molecule has 0 saturated carbocycles. The van der Waals surface area contributed by atoms with Crippen molar-refractivity contribution in [2.75, 3.05) is 6.54 Å². The Labute approximate surface area is 109 Å². The minimum absolute atomic E-state index is 0.707. The van der Waals surface area contributed by atoms with Crippen LogP contribution in [0.5, 0.6) is 0 Å². The Hall–Kier alpha value is -0.300. The average molecular weight is 239 g/mol. The van der Waals surface area contributed by atoms with Crippen LogP contribution in [0, 0.1) is 11.8 Å². The first kappa shape index (κ1) is 16.7. The van der Waals surface area contributed by atoms with E-state index in [0.29, 0.717) is 6.04 Å². The first-order valence-electron chi connectivity index (χ1n) is 7.47. The summed E-state index contributed by atoms with van der Waals surface area (Å²) in [6.07, 6.45) is 9.78. The first-order valence-corrected chi connectivity index (χ1v) is 7.47. The van der Waals surface area contributed by atoms with Crippen molar-refractivity contribution in [2.45, 2.75) is 72.3 Å². The van der Waals surface area contributed by atoms with E-state index in [4.69, 9.17) is 0 Å². The summed E-state index contributed by atoms with van der Waals surface area (Å²) in [4.78, 5) is 0. The van der Waals surface area contributed by atoms with Gasteiger partial charge in [-0.2, -0.15) is 0 Å². The molecule has 0 aliphatic carbocycles. The SMILES string of the molecule is C=CCCCCCC(NCCC)C(C)C(C)C. The van der Waals surface area contributed by atoms with E-state index < -0.39 is 0 Å². The van der Waals surface area contributed by atoms with Crippen molar-refractivity contribution in [2.24, 2.45) is 11.8 Å². The standard InChI is InChI=1S/C16H33N/c1-6-8-9-10-11-12-16(17-13-7-2)15(5)14(3)4/h6,14-17H,1,7-13H2,2-5H3. The van der Waals surface area contributed by atoms with E-state index in [-0.39, 0.29) is 0 Å². The lowest BCUT2D eigenvalue weighted by Gasteiger charge is -2.28. The Morgan fingerprint density at radius 2 is 1.82 bits per heavy atom. The van der Waals surface area contributed by atoms with Crippen LogP contribution in [-0.4, -0.2) is 12.6 Å². The van der Waals surface area contributed by atoms with Crippen LogP contribution in [0.25, 0.3) is 0 Å². The van der Waals surface area contributed by atoms with Crippen LogP contribution >= 0.6 is 0 Å². The topological polar surface area (TPSA) is 12.0 Å². The normalized spacial score (nSPS) is 14.9. The summed E-state index contributed by atoms with van der Waals surface area (Å²) in [5.41, 5.74) is 0. The van der Waals surface area contributed by atoms with E-state index in [1.165, 1.54) is 38.5 Å². The first-order chi connectivity index (χ1) is 8.13. The summed E-state index contributed by atoms with van der Waals surface area (Å²) in [5.74, 6) is 1.55. The van der Waals surface area contributed by atoms with Gasteiger partial charge in [-0.1, -0.05) is 46.6 Å². The Morgan fingerprint density at radius 1 is 1.12 bits per heavy atom. The highest BCUT2D eigenvalue weighted by Gasteiger charge is 2.18. The zero-order valence-corrected chi connectivity index (χ0v) is 12.5. The van der Waals surface area contributed by atoms with Crippen LogP contribution < -0.4 is 5.32 Å². The molecule has 0 rings (SSSR count). The van der Waals surface area contributed by atoms with Crippen molar-refractivity contribution in [1.29, 1.82) is 0 Å². The molecule has 0 aromatic heterocycles. The third-order valence-electron chi connectivity index (χ3n) is 3.77. The van der Waals surface area contributed by atoms with Crippen LogP contribution in [-0.2, 0) is 0 Å². The van der Waals surface area contributed by atoms with Crippen molar-refractivity contribution < 1.29 is 0 Å². The molecule has 0 aliphatic heterocycles. The molecule has 0 amide bonds. The highest BCUT2D eigenvalue weighted by Crippen LogP contribution is 2.19. The van der Waals surface area contributed by atoms with Gasteiger partial charge in [-0.3, -0.25) is 0 Å². The van der Waals surface area contributed by atoms with Gasteiger partial charge in [0.1, 0.15) is 0 Å². The van der Waals surface area contributed by atoms with Crippen molar-refractivity contribution in [3.63, 3.8) is 0 Å². The maximum absolute atomic E-state index is 3.77. The van der Waals surface area contributed by atoms with Crippen molar-refractivity contribution in [3.05, 3.63) is 12.7 Å². The molecule has 17 heavy (non-hydrogen) atoms. The molecule has 0 aromatic carbocycles. The molecule has 0 spiro atoms. The third-order valence-corrected chi connectivity index (χ3v) is 3.77. The molecule has 0 heterocycles. The van der Waals surface area contributed by atoms with Gasteiger partial charge >= 0.3 is 0 Å². The second-order valence-corrected chi connectivity index (χ2v) is 5.59. The van der Waals surface area contributed by atoms with Crippen LogP contribution in [0.2, 0.25) is 0 Å². The molecule has 2 atom stereocenters. The maximum Gasteiger partial charge on any atom is 0.00951 e. The van der Waals surface area contributed by atoms with Gasteiger partial charge in [0.25, 0.3) is 0 Å². The monoisotopic (exact) mass is 239 g/mol. The van der Waals surface area contributed by atoms with E-state index in [9.17, 15) is 0 Å². The Balaban J connectivity index is 3.88. The number of hydrogen-bond donors (Lipinski definition) is 1. The predicted octanol–water partition coefficient (Wildman–Crippen LogP) is 4.78. The summed E-state index contributed by atoms with van der Waals surface area (Å²) < 4.78 is 0. The quantitative estimate of drug-likeness (QED) is 0.404. The fourth-order valence-electron chi connectivity index (χ4n) is 2.17. The highest BCUT2D eigenvalue weighted by molar-refractivity contribution is 4.76. The van der Waals surface area contributed by atoms with Gasteiger partial charge in [0.2, 0.25) is 0 Å². The molecular formula is C16H33N. The number of nitrogens with one attached hydrogen (secondary N) is 1. The zero-order chi connectivity index (χ0) is 13.1. The minimum Gasteiger partial charge on any atom is -0.314 e. The maximum atomic E-state index is 3.77. The summed E-state index contributed by atoms with van der Waals surface area (Å²) >= 11 is 0. The molecule has 0 radical (unpaired) electrons. The van der Waals surface area contributed by atoms with E-state index in [2.05, 4.69) is 39.6 Å². The zero-order valence-electron chi connectivity index (χ0n) is 12.5. The van der Waals surface area contributed by atoms with Gasteiger partial charge in [-0.05, 0) is 44.1 Å². The molecule has 0 bridgehead atoms. The molecule has 0 aliphatic rings. The smallest absolute Gasteiger partial charge is 0.00951 e. The van der Waals surface area contributed by atoms with Crippen LogP contribution in [0.15, 0.2) is 12.7 Å². The minimum atomic E-state index is 0.707. The van der Waals surface area contributed by atoms with Crippen LogP contribution in [0.4, 0.5) is 0 Å². The molecule has 1 N–H and O–H groups in total. The van der Waals surface area contributed by atoms with Crippen molar-refractivity contribution in [3.8, 4) is 0 Å². The predicted molar refractivity (Wildman–Crippen MR) is 79.4 cm³/mol. The second-order valence-electron chi connectivity index (χ2n) is 5.59. The van der Waals surface area contributed by atoms with E-state index in [1.807, 2.05) is 6.08 Å². The number of rotatable bonds is 11. The lowest BCUT2D eigenvalue weighted by atomic mass is 9.87. The van der Waals surface area contributed by atoms with Gasteiger partial charge in [-0.15, -0.1) is 6.58 Å². The molecule has 0 fully saturated rings. The van der Waals surface area contributed by atoms with E-state index in [0.717, 1.165) is 18.4 Å². The van der Waals surface area contributed by atoms with Gasteiger partial charge in [0, 0.05) is 6.04 Å². The third kappa shape index (κ3) is 8.43. The summed E-state index contributed by atoms with van der Waals surface area (Å²) in [6.45, 7) is 14.2. The lowest BCUT2D eigenvalue weighted by molar-refractivity contribution is 0.280. The largest absolute Gasteiger partial charge is 0.314 e. The highest BCUT2D eigenvalue weighted by atomic mass is 14.9. The molecule has 1 heteroatoms. The lowest BCUT2D eigenvalue weighted by Crippen LogP contribution is -2.37. The van der Waals surface area contributed by atoms with Crippen LogP contribution in [0.1, 0.15) is 66.2 Å². The summed E-state index contributed by atoms with van der Waals surface area (Å²) in [6, 6.07) is 0.707. The summed E-state index contributed by atoms with van der Waals surface area (Å²) in [5, 5.41) is 3.72. The van der Waals surface area contributed by atoms with Crippen molar-refractivity contribution in [1.82, 2.24) is 5.32 Å². The molecular weight excluding hydrogens is 206 g/mol. The second kappa shape index (κ2) is 10.8. The number of unbranched alkanes of at least 4 members (excludes halogenated alkanes) is 3. The van der Waals surface area contributed by atoms with Gasteiger partial charge < -0.3 is 5.32 Å². The Bertz CT molecular complexity index is 174. The molecule has 1 nitrogen and oxygen atoms in total. The Kier molecular flexibility index (Phi) is 10.6. The molecule has 102 valence electrons.